The summed E-state index contributed by atoms with van der Waals surface area (Å²) < 4.78 is 16.4. The number of furan rings is 1. The van der Waals surface area contributed by atoms with E-state index in [2.05, 4.69) is 0 Å². The number of methoxy groups -OCH3 is 2. The van der Waals surface area contributed by atoms with Gasteiger partial charge in [-0.05, 0) is 48.5 Å². The molecule has 4 aromatic rings. The van der Waals surface area contributed by atoms with Crippen LogP contribution in [-0.2, 0) is 6.54 Å². The van der Waals surface area contributed by atoms with Gasteiger partial charge in [-0.15, -0.1) is 0 Å². The lowest BCUT2D eigenvalue weighted by atomic mass is 10.2. The van der Waals surface area contributed by atoms with Gasteiger partial charge in [0.25, 0.3) is 0 Å². The summed E-state index contributed by atoms with van der Waals surface area (Å²) in [5.74, 6) is 1.78. The Labute approximate surface area is 187 Å². The average molecular weight is 428 g/mol. The second kappa shape index (κ2) is 9.75. The second-order valence-corrected chi connectivity index (χ2v) is 6.99. The molecular weight excluding hydrogens is 404 g/mol. The Hall–Kier alpha value is -4.19. The Morgan fingerprint density at radius 2 is 1.38 bits per heavy atom. The van der Waals surface area contributed by atoms with E-state index in [1.807, 2.05) is 72.8 Å². The van der Waals surface area contributed by atoms with Crippen LogP contribution in [0, 0.1) is 0 Å². The number of nitrogens with zero attached hydrogens (tertiary/aromatic N) is 2. The zero-order chi connectivity index (χ0) is 22.3. The molecule has 0 fully saturated rings. The van der Waals surface area contributed by atoms with Gasteiger partial charge >= 0.3 is 6.03 Å². The minimum Gasteiger partial charge on any atom is -0.493 e. The summed E-state index contributed by atoms with van der Waals surface area (Å²) in [5, 5.41) is 0. The van der Waals surface area contributed by atoms with Gasteiger partial charge < -0.3 is 13.9 Å². The molecule has 3 aromatic carbocycles. The van der Waals surface area contributed by atoms with Gasteiger partial charge in [0.05, 0.1) is 38.4 Å². The molecule has 0 bridgehead atoms. The van der Waals surface area contributed by atoms with Gasteiger partial charge in [-0.3, -0.25) is 9.80 Å². The number of carbonyl (C=O) groups is 1. The van der Waals surface area contributed by atoms with E-state index in [0.29, 0.717) is 22.9 Å². The minimum atomic E-state index is -0.231. The summed E-state index contributed by atoms with van der Waals surface area (Å²) in [6.07, 6.45) is 1.60. The Balaban J connectivity index is 1.81. The van der Waals surface area contributed by atoms with Crippen LogP contribution in [0.4, 0.5) is 21.9 Å². The van der Waals surface area contributed by atoms with Crippen molar-refractivity contribution >= 4 is 23.1 Å². The molecule has 0 spiro atoms. The van der Waals surface area contributed by atoms with Crippen LogP contribution in [0.1, 0.15) is 5.76 Å². The van der Waals surface area contributed by atoms with Gasteiger partial charge in [-0.25, -0.2) is 4.79 Å². The highest BCUT2D eigenvalue weighted by atomic mass is 16.5. The van der Waals surface area contributed by atoms with Crippen LogP contribution in [0.3, 0.4) is 0 Å². The highest BCUT2D eigenvalue weighted by Gasteiger charge is 2.27. The van der Waals surface area contributed by atoms with Gasteiger partial charge in [0, 0.05) is 11.8 Å². The van der Waals surface area contributed by atoms with Gasteiger partial charge in [0.2, 0.25) is 0 Å². The molecule has 0 radical (unpaired) electrons. The number of hydrogen-bond acceptors (Lipinski definition) is 4. The number of anilines is 3. The molecule has 162 valence electrons. The van der Waals surface area contributed by atoms with E-state index in [1.54, 1.807) is 48.5 Å². The lowest BCUT2D eigenvalue weighted by molar-refractivity contribution is 0.252. The number of urea groups is 1. The van der Waals surface area contributed by atoms with Crippen molar-refractivity contribution in [2.75, 3.05) is 24.0 Å². The molecule has 0 aliphatic carbocycles. The Morgan fingerprint density at radius 3 is 1.91 bits per heavy atom. The number of ether oxygens (including phenoxy) is 2. The fourth-order valence-electron chi connectivity index (χ4n) is 3.47. The van der Waals surface area contributed by atoms with E-state index >= 15 is 0 Å². The van der Waals surface area contributed by atoms with E-state index in [9.17, 15) is 4.79 Å². The topological polar surface area (TPSA) is 55.2 Å². The predicted molar refractivity (Wildman–Crippen MR) is 125 cm³/mol. The van der Waals surface area contributed by atoms with Crippen LogP contribution in [-0.4, -0.2) is 20.3 Å². The van der Waals surface area contributed by atoms with Crippen molar-refractivity contribution in [2.24, 2.45) is 0 Å². The van der Waals surface area contributed by atoms with Gasteiger partial charge in [-0.1, -0.05) is 36.4 Å². The molecule has 1 aromatic heterocycles. The van der Waals surface area contributed by atoms with E-state index in [0.717, 1.165) is 11.4 Å². The maximum absolute atomic E-state index is 14.1. The first kappa shape index (κ1) is 21.1. The molecule has 0 N–H and O–H groups in total. The Bertz CT molecular complexity index is 1110. The summed E-state index contributed by atoms with van der Waals surface area (Å²) in [4.78, 5) is 17.4. The maximum Gasteiger partial charge on any atom is 0.334 e. The van der Waals surface area contributed by atoms with Crippen molar-refractivity contribution in [1.29, 1.82) is 0 Å². The molecule has 0 aliphatic rings. The largest absolute Gasteiger partial charge is 0.493 e. The normalized spacial score (nSPS) is 10.4. The summed E-state index contributed by atoms with van der Waals surface area (Å²) in [6, 6.07) is 27.9. The monoisotopic (exact) mass is 428 g/mol. The number of para-hydroxylation sites is 2. The average Bonchev–Trinajstić information content (AvgIpc) is 3.37. The fraction of sp³-hybridized carbons (Fsp3) is 0.115. The van der Waals surface area contributed by atoms with Crippen LogP contribution in [0.15, 0.2) is 102 Å². The first-order valence-electron chi connectivity index (χ1n) is 10.2. The number of amides is 2. The quantitative estimate of drug-likeness (QED) is 0.349. The Kier molecular flexibility index (Phi) is 6.41. The summed E-state index contributed by atoms with van der Waals surface area (Å²) in [5.41, 5.74) is 2.17. The Morgan fingerprint density at radius 1 is 0.750 bits per heavy atom. The fourth-order valence-corrected chi connectivity index (χ4v) is 3.47. The van der Waals surface area contributed by atoms with Crippen molar-refractivity contribution in [3.63, 3.8) is 0 Å². The van der Waals surface area contributed by atoms with Crippen LogP contribution >= 0.6 is 0 Å². The molecule has 6 heteroatoms. The van der Waals surface area contributed by atoms with E-state index in [1.165, 1.54) is 0 Å². The lowest BCUT2D eigenvalue weighted by Gasteiger charge is -2.31. The summed E-state index contributed by atoms with van der Waals surface area (Å²) in [6.45, 7) is 0.248. The molecule has 0 atom stereocenters. The van der Waals surface area contributed by atoms with E-state index in [-0.39, 0.29) is 12.6 Å². The van der Waals surface area contributed by atoms with E-state index < -0.39 is 0 Å². The number of rotatable bonds is 7. The van der Waals surface area contributed by atoms with Crippen molar-refractivity contribution < 1.29 is 18.7 Å². The zero-order valence-corrected chi connectivity index (χ0v) is 18.0. The van der Waals surface area contributed by atoms with Crippen molar-refractivity contribution in [3.05, 3.63) is 103 Å². The van der Waals surface area contributed by atoms with Gasteiger partial charge in [0.1, 0.15) is 5.76 Å². The predicted octanol–water partition coefficient (Wildman–Crippen LogP) is 6.26. The van der Waals surface area contributed by atoms with E-state index in [4.69, 9.17) is 13.9 Å². The van der Waals surface area contributed by atoms with Crippen LogP contribution in [0.25, 0.3) is 0 Å². The number of carbonyl (C=O) groups excluding carboxylic acids is 1. The van der Waals surface area contributed by atoms with Crippen molar-refractivity contribution in [2.45, 2.75) is 6.54 Å². The van der Waals surface area contributed by atoms with Crippen LogP contribution in [0.5, 0.6) is 11.5 Å². The van der Waals surface area contributed by atoms with Crippen molar-refractivity contribution in [3.8, 4) is 11.5 Å². The molecule has 1 heterocycles. The molecular formula is C26H24N2O4. The highest BCUT2D eigenvalue weighted by molar-refractivity contribution is 6.08. The minimum absolute atomic E-state index is 0.231. The van der Waals surface area contributed by atoms with Crippen LogP contribution in [0.2, 0.25) is 0 Å². The maximum atomic E-state index is 14.1. The molecule has 0 aliphatic heterocycles. The molecule has 0 unspecified atom stereocenters. The first-order chi connectivity index (χ1) is 15.7. The first-order valence-corrected chi connectivity index (χ1v) is 10.2. The summed E-state index contributed by atoms with van der Waals surface area (Å²) in [7, 11) is 3.15. The standard InChI is InChI=1S/C26H24N2O4/c1-30-24-16-15-22(18-25(24)31-2)27(19-23-14-9-17-32-23)26(29)28(20-10-5-3-6-11-20)21-12-7-4-8-13-21/h3-18H,19H2,1-2H3. The lowest BCUT2D eigenvalue weighted by Crippen LogP contribution is -2.40. The molecule has 32 heavy (non-hydrogen) atoms. The molecule has 0 saturated heterocycles. The molecule has 2 amide bonds. The van der Waals surface area contributed by atoms with Gasteiger partial charge in [-0.2, -0.15) is 0 Å². The van der Waals surface area contributed by atoms with Gasteiger partial charge in [0.15, 0.2) is 11.5 Å². The highest BCUT2D eigenvalue weighted by Crippen LogP contribution is 2.34. The third kappa shape index (κ3) is 4.44. The zero-order valence-electron chi connectivity index (χ0n) is 18.0. The number of hydrogen-bond donors (Lipinski definition) is 0. The summed E-state index contributed by atoms with van der Waals surface area (Å²) >= 11 is 0. The molecule has 4 rings (SSSR count). The molecule has 0 saturated carbocycles. The smallest absolute Gasteiger partial charge is 0.334 e. The van der Waals surface area contributed by atoms with Crippen molar-refractivity contribution in [1.82, 2.24) is 0 Å². The van der Waals surface area contributed by atoms with Crippen LogP contribution < -0.4 is 19.3 Å². The second-order valence-electron chi connectivity index (χ2n) is 6.99. The third-order valence-electron chi connectivity index (χ3n) is 5.02. The number of benzene rings is 3. The SMILES string of the molecule is COc1ccc(N(Cc2ccco2)C(=O)N(c2ccccc2)c2ccccc2)cc1OC. The third-order valence-corrected chi connectivity index (χ3v) is 5.02. The molecule has 6 nitrogen and oxygen atoms in total.